The number of hydrogen-bond acceptors (Lipinski definition) is 1. The third kappa shape index (κ3) is 5.34. The fourth-order valence-corrected chi connectivity index (χ4v) is 2.88. The van der Waals surface area contributed by atoms with E-state index in [9.17, 15) is 0 Å². The van der Waals surface area contributed by atoms with Crippen molar-refractivity contribution < 1.29 is 4.74 Å². The van der Waals surface area contributed by atoms with Crippen molar-refractivity contribution in [1.29, 1.82) is 0 Å². The Hall–Kier alpha value is 0.426. The lowest BCUT2D eigenvalue weighted by Crippen LogP contribution is -2.05. The molecule has 14 heavy (non-hydrogen) atoms. The lowest BCUT2D eigenvalue weighted by atomic mass is 10.3. The molecule has 1 aromatic carbocycles. The molecule has 1 saturated heterocycles. The molecule has 1 fully saturated rings. The number of ether oxygens (including phenoxy) is 1. The zero-order valence-electron chi connectivity index (χ0n) is 8.58. The van der Waals surface area contributed by atoms with Crippen LogP contribution in [-0.4, -0.2) is 30.9 Å². The molecule has 0 aromatic heterocycles. The maximum absolute atomic E-state index is 5.15. The van der Waals surface area contributed by atoms with Crippen LogP contribution in [0.3, 0.4) is 0 Å². The minimum absolute atomic E-state index is 0.0962. The Bertz CT molecular complexity index is 234. The van der Waals surface area contributed by atoms with E-state index in [1.54, 1.807) is 0 Å². The van der Waals surface area contributed by atoms with Crippen LogP contribution in [0.2, 0.25) is 0 Å². The third-order valence-electron chi connectivity index (χ3n) is 2.15. The van der Waals surface area contributed by atoms with E-state index in [1.807, 2.05) is 6.07 Å². The molecule has 1 nitrogen and oxygen atoms in total. The molecule has 2 rings (SSSR count). The van der Waals surface area contributed by atoms with Crippen LogP contribution in [0.15, 0.2) is 30.3 Å². The van der Waals surface area contributed by atoms with Crippen LogP contribution in [-0.2, 0) is 4.74 Å². The Morgan fingerprint density at radius 1 is 1.36 bits per heavy atom. The lowest BCUT2D eigenvalue weighted by molar-refractivity contribution is 0.125. The minimum atomic E-state index is -0.0962. The van der Waals surface area contributed by atoms with E-state index >= 15 is 0 Å². The summed E-state index contributed by atoms with van der Waals surface area (Å²) in [5.74, 6) is 0. The maximum Gasteiger partial charge on any atom is 0.506 e. The average molecular weight is 267 g/mol. The Kier molecular flexibility index (Phi) is 6.86. The van der Waals surface area contributed by atoms with Crippen LogP contribution >= 0.6 is 12.9 Å². The highest BCUT2D eigenvalue weighted by Crippen LogP contribution is 2.09. The van der Waals surface area contributed by atoms with Crippen LogP contribution in [0.4, 0.5) is 0 Å². The van der Waals surface area contributed by atoms with Gasteiger partial charge < -0.3 is 4.74 Å². The Morgan fingerprint density at radius 3 is 2.36 bits per heavy atom. The van der Waals surface area contributed by atoms with Gasteiger partial charge in [0, 0.05) is 6.61 Å². The van der Waals surface area contributed by atoms with Gasteiger partial charge in [-0.05, 0) is 19.8 Å². The van der Waals surface area contributed by atoms with E-state index < -0.39 is 0 Å². The third-order valence-corrected chi connectivity index (χ3v) is 4.88. The van der Waals surface area contributed by atoms with Gasteiger partial charge in [0.25, 0.3) is 0 Å². The molecule has 1 heterocycles. The number of halogens is 1. The first-order chi connectivity index (χ1) is 6.83. The SMILES string of the molecule is CC1CCCO1.[Br][Mg][c]1ccccc1. The quantitative estimate of drug-likeness (QED) is 0.711. The first-order valence-electron chi connectivity index (χ1n) is 5.04. The highest BCUT2D eigenvalue weighted by Gasteiger charge is 2.07. The van der Waals surface area contributed by atoms with Crippen molar-refractivity contribution in [3.8, 4) is 0 Å². The van der Waals surface area contributed by atoms with Crippen molar-refractivity contribution >= 4 is 34.8 Å². The molecule has 0 bridgehead atoms. The predicted molar refractivity (Wildman–Crippen MR) is 65.4 cm³/mol. The first kappa shape index (κ1) is 12.5. The molecule has 3 heteroatoms. The lowest BCUT2D eigenvalue weighted by Gasteiger charge is -1.94. The molecule has 1 atom stereocenters. The van der Waals surface area contributed by atoms with Gasteiger partial charge in [-0.3, -0.25) is 12.9 Å². The first-order valence-corrected chi connectivity index (χ1v) is 9.65. The fraction of sp³-hybridized carbons (Fsp3) is 0.455. The van der Waals surface area contributed by atoms with Crippen molar-refractivity contribution in [2.75, 3.05) is 6.61 Å². The van der Waals surface area contributed by atoms with E-state index in [4.69, 9.17) is 4.74 Å². The van der Waals surface area contributed by atoms with Crippen LogP contribution in [0.25, 0.3) is 0 Å². The summed E-state index contributed by atoms with van der Waals surface area (Å²) in [5, 5.41) is 0. The summed E-state index contributed by atoms with van der Waals surface area (Å²) in [6.45, 7) is 3.11. The van der Waals surface area contributed by atoms with Gasteiger partial charge in [-0.2, -0.15) is 3.69 Å². The fourth-order valence-electron chi connectivity index (χ4n) is 1.31. The molecule has 0 N–H and O–H groups in total. The molecule has 1 aliphatic heterocycles. The normalized spacial score (nSPS) is 19.4. The van der Waals surface area contributed by atoms with Crippen molar-refractivity contribution in [3.63, 3.8) is 0 Å². The van der Waals surface area contributed by atoms with E-state index in [1.165, 1.54) is 16.5 Å². The summed E-state index contributed by atoms with van der Waals surface area (Å²) < 4.78 is 6.62. The highest BCUT2D eigenvalue weighted by atomic mass is 79.9. The highest BCUT2D eigenvalue weighted by molar-refractivity contribution is 9.23. The molecule has 1 aromatic rings. The summed E-state index contributed by atoms with van der Waals surface area (Å²) in [6.07, 6.45) is 3.08. The largest absolute Gasteiger partial charge is 0.506 e. The minimum Gasteiger partial charge on any atom is -0.379 e. The monoisotopic (exact) mass is 266 g/mol. The molecule has 0 aliphatic carbocycles. The molecule has 0 spiro atoms. The van der Waals surface area contributed by atoms with Gasteiger partial charge >= 0.3 is 18.2 Å². The van der Waals surface area contributed by atoms with Gasteiger partial charge in [0.2, 0.25) is 0 Å². The van der Waals surface area contributed by atoms with Crippen LogP contribution in [0.5, 0.6) is 0 Å². The van der Waals surface area contributed by atoms with Crippen LogP contribution in [0.1, 0.15) is 19.8 Å². The Morgan fingerprint density at radius 2 is 2.07 bits per heavy atom. The summed E-state index contributed by atoms with van der Waals surface area (Å²) in [7, 11) is 0. The second-order valence-corrected chi connectivity index (χ2v) is 6.21. The van der Waals surface area contributed by atoms with E-state index in [0.717, 1.165) is 6.61 Å². The molecule has 1 aliphatic rings. The van der Waals surface area contributed by atoms with Gasteiger partial charge in [-0.1, -0.05) is 30.3 Å². The number of hydrogen-bond donors (Lipinski definition) is 0. The van der Waals surface area contributed by atoms with Gasteiger partial charge in [-0.25, -0.2) is 0 Å². The molecule has 0 amide bonds. The molecule has 74 valence electrons. The van der Waals surface area contributed by atoms with Crippen LogP contribution in [0, 0.1) is 0 Å². The molecule has 1 unspecified atom stereocenters. The maximum atomic E-state index is 5.15. The molecule has 0 radical (unpaired) electrons. The zero-order chi connectivity index (χ0) is 10.2. The summed E-state index contributed by atoms with van der Waals surface area (Å²) in [5.41, 5.74) is 0. The zero-order valence-corrected chi connectivity index (χ0v) is 11.6. The van der Waals surface area contributed by atoms with E-state index in [0.29, 0.717) is 6.10 Å². The predicted octanol–water partition coefficient (Wildman–Crippen LogP) is 2.51. The topological polar surface area (TPSA) is 9.23 Å². The van der Waals surface area contributed by atoms with Gasteiger partial charge in [0.1, 0.15) is 0 Å². The molecular weight excluding hydrogens is 252 g/mol. The Balaban J connectivity index is 0.000000146. The van der Waals surface area contributed by atoms with Crippen molar-refractivity contribution in [2.45, 2.75) is 25.9 Å². The summed E-state index contributed by atoms with van der Waals surface area (Å²) in [4.78, 5) is 0. The smallest absolute Gasteiger partial charge is 0.379 e. The van der Waals surface area contributed by atoms with E-state index in [-0.39, 0.29) is 18.2 Å². The van der Waals surface area contributed by atoms with E-state index in [2.05, 4.69) is 44.1 Å². The number of rotatable bonds is 1. The standard InChI is InChI=1S/C6H5.C5H10O.BrH.Mg/c1-2-4-6-5-3-1;1-5-3-2-4-6-5;;/h1-5H;5H,2-4H2,1H3;1H;/q;;;+1/p-1. The number of benzene rings is 1. The van der Waals surface area contributed by atoms with Crippen molar-refractivity contribution in [1.82, 2.24) is 0 Å². The molecule has 0 saturated carbocycles. The van der Waals surface area contributed by atoms with Gasteiger partial charge in [0.05, 0.1) is 6.10 Å². The Labute approximate surface area is 102 Å². The van der Waals surface area contributed by atoms with Gasteiger partial charge in [-0.15, -0.1) is 0 Å². The van der Waals surface area contributed by atoms with Gasteiger partial charge in [0.15, 0.2) is 0 Å². The van der Waals surface area contributed by atoms with Crippen LogP contribution < -0.4 is 3.69 Å². The average Bonchev–Trinajstić information content (AvgIpc) is 2.71. The van der Waals surface area contributed by atoms with Crippen molar-refractivity contribution in [2.24, 2.45) is 0 Å². The second kappa shape index (κ2) is 7.68. The summed E-state index contributed by atoms with van der Waals surface area (Å²) in [6, 6.07) is 10.5. The second-order valence-electron chi connectivity index (χ2n) is 3.44. The summed E-state index contributed by atoms with van der Waals surface area (Å²) >= 11 is 3.40. The molecular formula is C11H15BrMgO. The van der Waals surface area contributed by atoms with Crippen molar-refractivity contribution in [3.05, 3.63) is 30.3 Å².